The van der Waals surface area contributed by atoms with Gasteiger partial charge in [-0.05, 0) is 19.9 Å². The molecule has 0 spiro atoms. The summed E-state index contributed by atoms with van der Waals surface area (Å²) in [5, 5.41) is 2.91. The van der Waals surface area contributed by atoms with Gasteiger partial charge in [0.1, 0.15) is 5.75 Å². The van der Waals surface area contributed by atoms with Gasteiger partial charge in [0.05, 0.1) is 24.2 Å². The van der Waals surface area contributed by atoms with Gasteiger partial charge in [-0.3, -0.25) is 4.79 Å². The average molecular weight is 439 g/mol. The van der Waals surface area contributed by atoms with Crippen molar-refractivity contribution in [3.8, 4) is 5.75 Å². The third-order valence-electron chi connectivity index (χ3n) is 4.53. The van der Waals surface area contributed by atoms with Crippen molar-refractivity contribution in [3.63, 3.8) is 0 Å². The number of para-hydroxylation sites is 1. The molecule has 0 saturated heterocycles. The molecule has 168 valence electrons. The number of methoxy groups -OCH3 is 1. The number of hydrogen-bond donors (Lipinski definition) is 1. The molecule has 0 aliphatic carbocycles. The molecule has 0 bridgehead atoms. The Kier molecular flexibility index (Phi) is 8.12. The van der Waals surface area contributed by atoms with Crippen LogP contribution in [0.3, 0.4) is 0 Å². The molecule has 2 rings (SSSR count). The number of esters is 3. The third-order valence-corrected chi connectivity index (χ3v) is 4.53. The fourth-order valence-electron chi connectivity index (χ4n) is 3.21. The van der Waals surface area contributed by atoms with E-state index in [0.717, 1.165) is 7.11 Å². The molecule has 1 unspecified atom stereocenters. The first-order valence-corrected chi connectivity index (χ1v) is 9.34. The summed E-state index contributed by atoms with van der Waals surface area (Å²) in [6.07, 6.45) is 0.0935. The largest absolute Gasteiger partial charge is 0.466 e. The summed E-state index contributed by atoms with van der Waals surface area (Å²) in [7, 11) is 1.16. The molecule has 1 aliphatic rings. The van der Waals surface area contributed by atoms with Crippen molar-refractivity contribution >= 4 is 17.9 Å². The molecule has 10 heteroatoms. The highest BCUT2D eigenvalue weighted by Crippen LogP contribution is 2.43. The zero-order valence-electron chi connectivity index (χ0n) is 17.5. The van der Waals surface area contributed by atoms with Crippen molar-refractivity contribution in [1.82, 2.24) is 5.32 Å². The summed E-state index contributed by atoms with van der Waals surface area (Å²) in [6, 6.07) is 5.80. The number of carbonyl (C=O) groups excluding carboxylic acids is 3. The van der Waals surface area contributed by atoms with Crippen LogP contribution in [-0.2, 0) is 28.6 Å². The van der Waals surface area contributed by atoms with Crippen molar-refractivity contribution in [2.45, 2.75) is 39.7 Å². The maximum absolute atomic E-state index is 13.0. The number of nitrogens with one attached hydrogen (secondary N) is 1. The van der Waals surface area contributed by atoms with Crippen LogP contribution in [0.2, 0.25) is 0 Å². The summed E-state index contributed by atoms with van der Waals surface area (Å²) in [6.45, 7) is 0.970. The number of ether oxygens (including phenoxy) is 4. The SMILES string of the molecule is CCC(=O)OCOC(=O)C1=C(C)NC(C)=C(C(=O)OC)C1c1ccccc1OC(F)F. The first-order valence-electron chi connectivity index (χ1n) is 9.34. The van der Waals surface area contributed by atoms with E-state index in [-0.39, 0.29) is 28.9 Å². The molecule has 1 aromatic carbocycles. The van der Waals surface area contributed by atoms with Crippen molar-refractivity contribution < 1.29 is 42.1 Å². The minimum absolute atomic E-state index is 0.0240. The van der Waals surface area contributed by atoms with Gasteiger partial charge in [-0.2, -0.15) is 8.78 Å². The van der Waals surface area contributed by atoms with Gasteiger partial charge in [-0.1, -0.05) is 25.1 Å². The van der Waals surface area contributed by atoms with E-state index in [9.17, 15) is 23.2 Å². The van der Waals surface area contributed by atoms with Crippen LogP contribution in [0.1, 0.15) is 38.7 Å². The summed E-state index contributed by atoms with van der Waals surface area (Å²) in [5.74, 6) is -3.58. The lowest BCUT2D eigenvalue weighted by atomic mass is 9.80. The van der Waals surface area contributed by atoms with Gasteiger partial charge in [0.25, 0.3) is 0 Å². The number of rotatable bonds is 8. The second-order valence-electron chi connectivity index (χ2n) is 6.46. The number of dihydropyridines is 1. The molecule has 31 heavy (non-hydrogen) atoms. The molecule has 0 saturated carbocycles. The first kappa shape index (κ1) is 23.8. The lowest BCUT2D eigenvalue weighted by Crippen LogP contribution is -2.32. The van der Waals surface area contributed by atoms with E-state index in [0.29, 0.717) is 11.4 Å². The summed E-state index contributed by atoms with van der Waals surface area (Å²) in [4.78, 5) is 36.7. The summed E-state index contributed by atoms with van der Waals surface area (Å²) < 4.78 is 45.3. The smallest absolute Gasteiger partial charge is 0.387 e. The molecule has 0 aromatic heterocycles. The highest BCUT2D eigenvalue weighted by atomic mass is 19.3. The van der Waals surface area contributed by atoms with Crippen LogP contribution in [0.4, 0.5) is 8.78 Å². The van der Waals surface area contributed by atoms with E-state index in [1.54, 1.807) is 26.8 Å². The molecule has 0 fully saturated rings. The predicted octanol–water partition coefficient (Wildman–Crippen LogP) is 3.15. The Balaban J connectivity index is 2.55. The highest BCUT2D eigenvalue weighted by Gasteiger charge is 2.39. The molecular weight excluding hydrogens is 416 g/mol. The van der Waals surface area contributed by atoms with Gasteiger partial charge in [-0.25, -0.2) is 9.59 Å². The quantitative estimate of drug-likeness (QED) is 0.487. The molecule has 1 atom stereocenters. The fraction of sp³-hybridized carbons (Fsp3) is 0.381. The van der Waals surface area contributed by atoms with Crippen LogP contribution in [-0.4, -0.2) is 38.4 Å². The van der Waals surface area contributed by atoms with Crippen molar-refractivity contribution in [2.24, 2.45) is 0 Å². The van der Waals surface area contributed by atoms with E-state index in [1.807, 2.05) is 0 Å². The zero-order chi connectivity index (χ0) is 23.1. The average Bonchev–Trinajstić information content (AvgIpc) is 2.72. The molecule has 1 aromatic rings. The summed E-state index contributed by atoms with van der Waals surface area (Å²) in [5.41, 5.74) is 0.824. The lowest BCUT2D eigenvalue weighted by molar-refractivity contribution is -0.164. The first-order chi connectivity index (χ1) is 14.7. The molecule has 1 aliphatic heterocycles. The van der Waals surface area contributed by atoms with Gasteiger partial charge in [0.15, 0.2) is 0 Å². The number of halogens is 2. The van der Waals surface area contributed by atoms with Gasteiger partial charge >= 0.3 is 24.5 Å². The van der Waals surface area contributed by atoms with Gasteiger partial charge < -0.3 is 24.3 Å². The standard InChI is InChI=1S/C21H23F2NO7/c1-5-15(25)29-10-30-20(27)17-12(3)24-11(2)16(19(26)28-4)18(17)13-8-6-7-9-14(13)31-21(22)23/h6-9,18,21,24H,5,10H2,1-4H3. The van der Waals surface area contributed by atoms with E-state index in [4.69, 9.17) is 14.2 Å². The van der Waals surface area contributed by atoms with Gasteiger partial charge in [-0.15, -0.1) is 0 Å². The maximum Gasteiger partial charge on any atom is 0.387 e. The minimum Gasteiger partial charge on any atom is -0.466 e. The highest BCUT2D eigenvalue weighted by molar-refractivity contribution is 6.00. The Morgan fingerprint density at radius 1 is 1.03 bits per heavy atom. The Hall–Kier alpha value is -3.43. The second-order valence-corrected chi connectivity index (χ2v) is 6.46. The Bertz CT molecular complexity index is 924. The molecule has 0 amide bonds. The number of alkyl halides is 2. The summed E-state index contributed by atoms with van der Waals surface area (Å²) >= 11 is 0. The van der Waals surface area contributed by atoms with E-state index in [2.05, 4.69) is 10.1 Å². The topological polar surface area (TPSA) is 100 Å². The number of allylic oxidation sites excluding steroid dienone is 2. The van der Waals surface area contributed by atoms with Crippen LogP contribution in [0.25, 0.3) is 0 Å². The number of hydrogen-bond acceptors (Lipinski definition) is 8. The maximum atomic E-state index is 13.0. The normalized spacial score (nSPS) is 16.0. The Labute approximate surface area is 177 Å². The molecule has 1 heterocycles. The second kappa shape index (κ2) is 10.6. The van der Waals surface area contributed by atoms with E-state index >= 15 is 0 Å². The van der Waals surface area contributed by atoms with E-state index in [1.165, 1.54) is 18.2 Å². The van der Waals surface area contributed by atoms with E-state index < -0.39 is 37.2 Å². The monoisotopic (exact) mass is 439 g/mol. The van der Waals surface area contributed by atoms with Crippen LogP contribution >= 0.6 is 0 Å². The zero-order valence-corrected chi connectivity index (χ0v) is 17.5. The number of carbonyl (C=O) groups is 3. The van der Waals surface area contributed by atoms with Crippen LogP contribution in [0.5, 0.6) is 5.75 Å². The van der Waals surface area contributed by atoms with Crippen molar-refractivity contribution in [2.75, 3.05) is 13.9 Å². The van der Waals surface area contributed by atoms with Crippen LogP contribution < -0.4 is 10.1 Å². The van der Waals surface area contributed by atoms with Crippen LogP contribution in [0.15, 0.2) is 46.8 Å². The minimum atomic E-state index is -3.12. The fourth-order valence-corrected chi connectivity index (χ4v) is 3.21. The predicted molar refractivity (Wildman–Crippen MR) is 104 cm³/mol. The van der Waals surface area contributed by atoms with Gasteiger partial charge in [0, 0.05) is 23.4 Å². The van der Waals surface area contributed by atoms with Crippen LogP contribution in [0, 0.1) is 0 Å². The Morgan fingerprint density at radius 2 is 1.65 bits per heavy atom. The molecule has 1 N–H and O–H groups in total. The van der Waals surface area contributed by atoms with Crippen molar-refractivity contribution in [3.05, 3.63) is 52.4 Å². The van der Waals surface area contributed by atoms with Gasteiger partial charge in [0.2, 0.25) is 6.79 Å². The van der Waals surface area contributed by atoms with Crippen molar-refractivity contribution in [1.29, 1.82) is 0 Å². The molecular formula is C21H23F2NO7. The third kappa shape index (κ3) is 5.59. The Morgan fingerprint density at radius 3 is 2.23 bits per heavy atom. The molecule has 0 radical (unpaired) electrons. The number of benzene rings is 1. The molecule has 8 nitrogen and oxygen atoms in total. The lowest BCUT2D eigenvalue weighted by Gasteiger charge is -2.31.